The van der Waals surface area contributed by atoms with Crippen LogP contribution in [-0.4, -0.2) is 39.2 Å². The van der Waals surface area contributed by atoms with E-state index in [1.807, 2.05) is 58.0 Å². The molecule has 0 atom stereocenters. The van der Waals surface area contributed by atoms with Crippen LogP contribution in [0.5, 0.6) is 0 Å². The molecule has 1 aromatic carbocycles. The van der Waals surface area contributed by atoms with E-state index in [4.69, 9.17) is 0 Å². The molecule has 0 radical (unpaired) electrons. The lowest BCUT2D eigenvalue weighted by Crippen LogP contribution is -2.31. The zero-order chi connectivity index (χ0) is 19.6. The fourth-order valence-corrected chi connectivity index (χ4v) is 3.02. The minimum Gasteiger partial charge on any atom is -0.338 e. The molecule has 1 N–H and O–H groups in total. The molecule has 0 aliphatic rings. The maximum atomic E-state index is 12.8. The number of pyridine rings is 1. The number of nitrogens with zero attached hydrogens (tertiary/aromatic N) is 3. The van der Waals surface area contributed by atoms with Crippen LogP contribution in [0.15, 0.2) is 42.6 Å². The summed E-state index contributed by atoms with van der Waals surface area (Å²) in [7, 11) is 0. The van der Waals surface area contributed by atoms with Gasteiger partial charge in [0.15, 0.2) is 5.69 Å². The summed E-state index contributed by atoms with van der Waals surface area (Å²) in [6.45, 7) is 9.04. The summed E-state index contributed by atoms with van der Waals surface area (Å²) in [5.41, 5.74) is 3.88. The molecule has 0 unspecified atom stereocenters. The summed E-state index contributed by atoms with van der Waals surface area (Å²) in [5.74, 6) is -0.327. The van der Waals surface area contributed by atoms with Gasteiger partial charge in [-0.1, -0.05) is 12.1 Å². The zero-order valence-electron chi connectivity index (χ0n) is 16.1. The Kier molecular flexibility index (Phi) is 5.26. The van der Waals surface area contributed by atoms with Crippen molar-refractivity contribution in [1.82, 2.24) is 14.3 Å². The number of carbonyl (C=O) groups excluding carboxylic acids is 2. The third-order valence-electron chi connectivity index (χ3n) is 4.77. The number of imidazole rings is 1. The molecule has 3 rings (SSSR count). The number of carbonyl (C=O) groups is 2. The summed E-state index contributed by atoms with van der Waals surface area (Å²) in [5, 5.41) is 2.88. The molecule has 0 spiro atoms. The van der Waals surface area contributed by atoms with E-state index >= 15 is 0 Å². The molecule has 2 aromatic heterocycles. The molecule has 6 nitrogen and oxygen atoms in total. The van der Waals surface area contributed by atoms with Gasteiger partial charge in [-0.25, -0.2) is 4.98 Å². The fraction of sp³-hybridized carbons (Fsp3) is 0.286. The van der Waals surface area contributed by atoms with Gasteiger partial charge in [0.25, 0.3) is 11.8 Å². The van der Waals surface area contributed by atoms with Crippen molar-refractivity contribution >= 4 is 23.0 Å². The van der Waals surface area contributed by atoms with Gasteiger partial charge in [-0.3, -0.25) is 14.0 Å². The van der Waals surface area contributed by atoms with Gasteiger partial charge in [-0.2, -0.15) is 0 Å². The van der Waals surface area contributed by atoms with E-state index in [9.17, 15) is 9.59 Å². The van der Waals surface area contributed by atoms with Gasteiger partial charge in [0.05, 0.1) is 5.52 Å². The molecular formula is C21H24N4O2. The monoisotopic (exact) mass is 364 g/mol. The van der Waals surface area contributed by atoms with Gasteiger partial charge in [-0.05, 0) is 63.1 Å². The Morgan fingerprint density at radius 1 is 1.07 bits per heavy atom. The molecule has 0 saturated carbocycles. The Bertz CT molecular complexity index is 1000. The number of fused-ring (bicyclic) bond motifs is 1. The van der Waals surface area contributed by atoms with Crippen molar-refractivity contribution in [2.75, 3.05) is 18.4 Å². The molecule has 0 saturated heterocycles. The van der Waals surface area contributed by atoms with Crippen molar-refractivity contribution in [2.24, 2.45) is 0 Å². The van der Waals surface area contributed by atoms with Gasteiger partial charge in [0, 0.05) is 25.0 Å². The molecule has 3 aromatic rings. The van der Waals surface area contributed by atoms with E-state index < -0.39 is 0 Å². The lowest BCUT2D eigenvalue weighted by Gasteiger charge is -2.17. The van der Waals surface area contributed by atoms with Crippen LogP contribution in [0.4, 0.5) is 5.69 Å². The third-order valence-corrected chi connectivity index (χ3v) is 4.77. The number of benzene rings is 1. The number of aromatic nitrogens is 2. The van der Waals surface area contributed by atoms with E-state index in [1.54, 1.807) is 21.6 Å². The number of amides is 2. The summed E-state index contributed by atoms with van der Waals surface area (Å²) < 4.78 is 1.66. The van der Waals surface area contributed by atoms with Gasteiger partial charge >= 0.3 is 0 Å². The Balaban J connectivity index is 2.00. The van der Waals surface area contributed by atoms with Gasteiger partial charge in [-0.15, -0.1) is 0 Å². The lowest BCUT2D eigenvalue weighted by atomic mass is 10.1. The second kappa shape index (κ2) is 7.61. The van der Waals surface area contributed by atoms with E-state index in [0.29, 0.717) is 30.0 Å². The van der Waals surface area contributed by atoms with Crippen molar-refractivity contribution in [2.45, 2.75) is 27.7 Å². The Labute approximate surface area is 158 Å². The molecule has 2 heterocycles. The predicted octanol–water partition coefficient (Wildman–Crippen LogP) is 3.69. The number of hydrogen-bond acceptors (Lipinski definition) is 3. The number of hydrogen-bond donors (Lipinski definition) is 1. The first-order valence-electron chi connectivity index (χ1n) is 9.11. The average Bonchev–Trinajstić information content (AvgIpc) is 3.05. The maximum absolute atomic E-state index is 12.8. The van der Waals surface area contributed by atoms with Crippen LogP contribution in [0.2, 0.25) is 0 Å². The van der Waals surface area contributed by atoms with E-state index in [0.717, 1.165) is 11.1 Å². The average molecular weight is 364 g/mol. The van der Waals surface area contributed by atoms with Crippen molar-refractivity contribution in [3.63, 3.8) is 0 Å². The number of aryl methyl sites for hydroxylation is 2. The minimum absolute atomic E-state index is 0.172. The van der Waals surface area contributed by atoms with Crippen molar-refractivity contribution in [1.29, 1.82) is 0 Å². The van der Waals surface area contributed by atoms with Crippen LogP contribution >= 0.6 is 0 Å². The fourth-order valence-electron chi connectivity index (χ4n) is 3.02. The number of rotatable bonds is 5. The van der Waals surface area contributed by atoms with Crippen molar-refractivity contribution < 1.29 is 9.59 Å². The van der Waals surface area contributed by atoms with Crippen LogP contribution in [0.1, 0.15) is 46.1 Å². The van der Waals surface area contributed by atoms with Crippen LogP contribution in [0.3, 0.4) is 0 Å². The predicted molar refractivity (Wildman–Crippen MR) is 106 cm³/mol. The number of anilines is 1. The van der Waals surface area contributed by atoms with E-state index in [2.05, 4.69) is 10.3 Å². The molecular weight excluding hydrogens is 340 g/mol. The largest absolute Gasteiger partial charge is 0.338 e. The Morgan fingerprint density at radius 2 is 1.81 bits per heavy atom. The van der Waals surface area contributed by atoms with Crippen molar-refractivity contribution in [3.8, 4) is 0 Å². The second-order valence-electron chi connectivity index (χ2n) is 6.47. The highest BCUT2D eigenvalue weighted by molar-refractivity contribution is 6.06. The van der Waals surface area contributed by atoms with Gasteiger partial charge in [0.2, 0.25) is 5.82 Å². The topological polar surface area (TPSA) is 66.7 Å². The molecule has 0 aliphatic carbocycles. The summed E-state index contributed by atoms with van der Waals surface area (Å²) >= 11 is 0. The maximum Gasteiger partial charge on any atom is 0.292 e. The highest BCUT2D eigenvalue weighted by Gasteiger charge is 2.24. The summed E-state index contributed by atoms with van der Waals surface area (Å²) in [6.07, 6.45) is 1.75. The van der Waals surface area contributed by atoms with Crippen LogP contribution in [0, 0.1) is 13.8 Å². The lowest BCUT2D eigenvalue weighted by molar-refractivity contribution is 0.0769. The molecule has 27 heavy (non-hydrogen) atoms. The highest BCUT2D eigenvalue weighted by atomic mass is 16.2. The van der Waals surface area contributed by atoms with Crippen LogP contribution < -0.4 is 5.32 Å². The normalized spacial score (nSPS) is 10.8. The Morgan fingerprint density at radius 3 is 2.48 bits per heavy atom. The smallest absolute Gasteiger partial charge is 0.292 e. The first-order chi connectivity index (χ1) is 13.0. The van der Waals surface area contributed by atoms with Gasteiger partial charge < -0.3 is 10.2 Å². The zero-order valence-corrected chi connectivity index (χ0v) is 16.1. The molecule has 0 aliphatic heterocycles. The van der Waals surface area contributed by atoms with E-state index in [-0.39, 0.29) is 17.6 Å². The Hall–Kier alpha value is -3.15. The van der Waals surface area contributed by atoms with E-state index in [1.165, 1.54) is 0 Å². The molecule has 2 amide bonds. The molecule has 0 fully saturated rings. The third kappa shape index (κ3) is 3.56. The van der Waals surface area contributed by atoms with Gasteiger partial charge in [0.1, 0.15) is 0 Å². The number of nitrogens with one attached hydrogen (secondary N) is 1. The second-order valence-corrected chi connectivity index (χ2v) is 6.47. The van der Waals surface area contributed by atoms with Crippen LogP contribution in [0.25, 0.3) is 5.52 Å². The van der Waals surface area contributed by atoms with Crippen LogP contribution in [-0.2, 0) is 0 Å². The summed E-state index contributed by atoms with van der Waals surface area (Å²) in [6, 6.07) is 11.2. The SMILES string of the molecule is CCN(CC)C(=O)c1nc(C(=O)Nc2ccc(C)c(C)c2)n2ccccc12. The molecule has 6 heteroatoms. The highest BCUT2D eigenvalue weighted by Crippen LogP contribution is 2.18. The standard InChI is InChI=1S/C21H24N4O2/c1-5-24(6-2)21(27)18-17-9-7-8-12-25(17)19(23-18)20(26)22-16-11-10-14(3)15(4)13-16/h7-13H,5-6H2,1-4H3,(H,22,26). The molecule has 0 bridgehead atoms. The minimum atomic E-state index is -0.349. The van der Waals surface area contributed by atoms with Crippen molar-refractivity contribution in [3.05, 3.63) is 65.2 Å². The molecule has 140 valence electrons. The first-order valence-corrected chi connectivity index (χ1v) is 9.11. The summed E-state index contributed by atoms with van der Waals surface area (Å²) in [4.78, 5) is 31.8. The quantitative estimate of drug-likeness (QED) is 0.751. The first kappa shape index (κ1) is 18.6.